The zero-order valence-corrected chi connectivity index (χ0v) is 21.0. The van der Waals surface area contributed by atoms with Gasteiger partial charge in [0.25, 0.3) is 0 Å². The van der Waals surface area contributed by atoms with Gasteiger partial charge in [0.1, 0.15) is 11.7 Å². The molecule has 188 valence electrons. The van der Waals surface area contributed by atoms with Gasteiger partial charge in [-0.15, -0.1) is 0 Å². The number of allylic oxidation sites excluding steroid dienone is 3. The van der Waals surface area contributed by atoms with E-state index in [2.05, 4.69) is 5.32 Å². The summed E-state index contributed by atoms with van der Waals surface area (Å²) in [5.41, 5.74) is 3.76. The van der Waals surface area contributed by atoms with Crippen LogP contribution in [0.15, 0.2) is 77.1 Å². The van der Waals surface area contributed by atoms with Gasteiger partial charge in [0.15, 0.2) is 5.78 Å². The highest BCUT2D eigenvalue weighted by atomic mass is 16.5. The molecule has 7 nitrogen and oxygen atoms in total. The van der Waals surface area contributed by atoms with Crippen molar-refractivity contribution >= 4 is 17.7 Å². The van der Waals surface area contributed by atoms with Gasteiger partial charge in [-0.1, -0.05) is 42.5 Å². The van der Waals surface area contributed by atoms with Crippen LogP contribution in [0.4, 0.5) is 0 Å². The molecule has 2 aliphatic rings. The molecular formula is C29H31NO6. The van der Waals surface area contributed by atoms with Crippen LogP contribution in [0.25, 0.3) is 0 Å². The number of ketones is 1. The number of methoxy groups -OCH3 is 1. The van der Waals surface area contributed by atoms with Crippen molar-refractivity contribution in [3.8, 4) is 5.75 Å². The van der Waals surface area contributed by atoms with E-state index in [0.29, 0.717) is 34.7 Å². The summed E-state index contributed by atoms with van der Waals surface area (Å²) < 4.78 is 16.0. The minimum absolute atomic E-state index is 0.164. The van der Waals surface area contributed by atoms with Gasteiger partial charge in [-0.25, -0.2) is 4.79 Å². The van der Waals surface area contributed by atoms with Crippen molar-refractivity contribution in [1.29, 1.82) is 0 Å². The van der Waals surface area contributed by atoms with Crippen molar-refractivity contribution < 1.29 is 28.6 Å². The summed E-state index contributed by atoms with van der Waals surface area (Å²) in [5.74, 6) is -2.82. The Morgan fingerprint density at radius 3 is 2.22 bits per heavy atom. The second-order valence-electron chi connectivity index (χ2n) is 8.80. The molecule has 0 saturated heterocycles. The molecule has 2 aromatic carbocycles. The van der Waals surface area contributed by atoms with E-state index in [4.69, 9.17) is 14.2 Å². The molecule has 4 rings (SSSR count). The number of hydrogen-bond acceptors (Lipinski definition) is 7. The molecule has 0 aromatic heterocycles. The molecule has 7 heteroatoms. The van der Waals surface area contributed by atoms with Gasteiger partial charge in [-0.05, 0) is 50.5 Å². The van der Waals surface area contributed by atoms with Crippen LogP contribution >= 0.6 is 0 Å². The molecule has 36 heavy (non-hydrogen) atoms. The minimum Gasteiger partial charge on any atom is -0.497 e. The molecule has 3 atom stereocenters. The number of dihydropyridines is 1. The SMILES string of the molecule is CCOC(=O)C1=C(C)NC2=C(C(=O)[C@H](C(=O)OCC)[C@@H](c3ccc(OC)cc3)C2)[C@H]1c1ccccc1. The molecular weight excluding hydrogens is 458 g/mol. The minimum atomic E-state index is -1.04. The Hall–Kier alpha value is -3.87. The smallest absolute Gasteiger partial charge is 0.336 e. The van der Waals surface area contributed by atoms with Crippen LogP contribution in [0.2, 0.25) is 0 Å². The maximum atomic E-state index is 14.2. The number of hydrogen-bond donors (Lipinski definition) is 1. The fourth-order valence-electron chi connectivity index (χ4n) is 5.16. The van der Waals surface area contributed by atoms with E-state index in [0.717, 1.165) is 11.1 Å². The van der Waals surface area contributed by atoms with Crippen LogP contribution in [0.5, 0.6) is 5.75 Å². The summed E-state index contributed by atoms with van der Waals surface area (Å²) in [4.78, 5) is 40.5. The summed E-state index contributed by atoms with van der Waals surface area (Å²) >= 11 is 0. The zero-order valence-electron chi connectivity index (χ0n) is 21.0. The summed E-state index contributed by atoms with van der Waals surface area (Å²) in [6.07, 6.45) is 0.410. The highest BCUT2D eigenvalue weighted by Crippen LogP contribution is 2.48. The topological polar surface area (TPSA) is 90.9 Å². The number of esters is 2. The Kier molecular flexibility index (Phi) is 7.58. The number of benzene rings is 2. The van der Waals surface area contributed by atoms with Gasteiger partial charge < -0.3 is 19.5 Å². The third kappa shape index (κ3) is 4.65. The molecule has 1 heterocycles. The number of carbonyl (C=O) groups excluding carboxylic acids is 3. The van der Waals surface area contributed by atoms with Gasteiger partial charge >= 0.3 is 11.9 Å². The second kappa shape index (κ2) is 10.8. The Morgan fingerprint density at radius 2 is 1.61 bits per heavy atom. The van der Waals surface area contributed by atoms with Gasteiger partial charge in [0, 0.05) is 28.8 Å². The first-order valence-corrected chi connectivity index (χ1v) is 12.2. The Labute approximate surface area is 211 Å². The Morgan fingerprint density at radius 1 is 0.944 bits per heavy atom. The second-order valence-corrected chi connectivity index (χ2v) is 8.80. The number of ether oxygens (including phenoxy) is 3. The Bertz CT molecular complexity index is 1210. The normalized spacial score (nSPS) is 21.4. The number of carbonyl (C=O) groups is 3. The number of rotatable bonds is 7. The van der Waals surface area contributed by atoms with Crippen molar-refractivity contribution in [3.05, 3.63) is 88.3 Å². The van der Waals surface area contributed by atoms with E-state index in [-0.39, 0.29) is 19.0 Å². The van der Waals surface area contributed by atoms with E-state index >= 15 is 0 Å². The maximum Gasteiger partial charge on any atom is 0.336 e. The fraction of sp³-hybridized carbons (Fsp3) is 0.345. The molecule has 1 aliphatic heterocycles. The molecule has 0 spiro atoms. The molecule has 0 bridgehead atoms. The third-order valence-corrected chi connectivity index (χ3v) is 6.73. The maximum absolute atomic E-state index is 14.2. The van der Waals surface area contributed by atoms with Crippen LogP contribution in [-0.4, -0.2) is 38.0 Å². The molecule has 0 radical (unpaired) electrons. The average molecular weight is 490 g/mol. The van der Waals surface area contributed by atoms with E-state index < -0.39 is 29.7 Å². The van der Waals surface area contributed by atoms with Gasteiger partial charge in [-0.3, -0.25) is 9.59 Å². The standard InChI is InChI=1S/C29H31NO6/c1-5-35-28(32)23-17(3)30-22-16-21(18-12-14-20(34-4)15-13-18)25(29(33)36-6-2)27(31)26(22)24(23)19-10-8-7-9-11-19/h7-15,21,24-25,30H,5-6,16H2,1-4H3/t21-,24+,25-/m1/s1. The lowest BCUT2D eigenvalue weighted by molar-refractivity contribution is -0.152. The largest absolute Gasteiger partial charge is 0.497 e. The van der Waals surface area contributed by atoms with Crippen molar-refractivity contribution in [2.75, 3.05) is 20.3 Å². The summed E-state index contributed by atoms with van der Waals surface area (Å²) in [7, 11) is 1.59. The Balaban J connectivity index is 1.87. The molecule has 0 amide bonds. The first kappa shape index (κ1) is 25.2. The van der Waals surface area contributed by atoms with Crippen molar-refractivity contribution in [2.45, 2.75) is 39.0 Å². The lowest BCUT2D eigenvalue weighted by atomic mass is 9.67. The molecule has 1 aliphatic carbocycles. The number of nitrogens with one attached hydrogen (secondary N) is 1. The summed E-state index contributed by atoms with van der Waals surface area (Å²) in [6, 6.07) is 16.8. The van der Waals surface area contributed by atoms with E-state index in [1.807, 2.05) is 61.5 Å². The highest BCUT2D eigenvalue weighted by Gasteiger charge is 2.49. The van der Waals surface area contributed by atoms with Gasteiger partial charge in [0.05, 0.1) is 25.9 Å². The quantitative estimate of drug-likeness (QED) is 0.455. The lowest BCUT2D eigenvalue weighted by Gasteiger charge is -2.39. The van der Waals surface area contributed by atoms with E-state index in [1.54, 1.807) is 21.0 Å². The van der Waals surface area contributed by atoms with Crippen LogP contribution < -0.4 is 10.1 Å². The molecule has 0 saturated carbocycles. The van der Waals surface area contributed by atoms with Crippen molar-refractivity contribution in [1.82, 2.24) is 5.32 Å². The monoisotopic (exact) mass is 489 g/mol. The van der Waals surface area contributed by atoms with E-state index in [9.17, 15) is 14.4 Å². The third-order valence-electron chi connectivity index (χ3n) is 6.73. The van der Waals surface area contributed by atoms with E-state index in [1.165, 1.54) is 0 Å². The summed E-state index contributed by atoms with van der Waals surface area (Å²) in [5, 5.41) is 3.31. The van der Waals surface area contributed by atoms with Crippen LogP contribution in [0.1, 0.15) is 50.2 Å². The van der Waals surface area contributed by atoms with Crippen LogP contribution in [0, 0.1) is 5.92 Å². The van der Waals surface area contributed by atoms with Crippen molar-refractivity contribution in [2.24, 2.45) is 5.92 Å². The predicted molar refractivity (Wildman–Crippen MR) is 134 cm³/mol. The lowest BCUT2D eigenvalue weighted by Crippen LogP contribution is -2.43. The van der Waals surface area contributed by atoms with Crippen LogP contribution in [0.3, 0.4) is 0 Å². The van der Waals surface area contributed by atoms with Crippen LogP contribution in [-0.2, 0) is 23.9 Å². The zero-order chi connectivity index (χ0) is 25.8. The molecule has 0 fully saturated rings. The fourth-order valence-corrected chi connectivity index (χ4v) is 5.16. The highest BCUT2D eigenvalue weighted by molar-refractivity contribution is 6.13. The number of Topliss-reactive ketones (excluding diaryl/α,β-unsaturated/α-hetero) is 1. The summed E-state index contributed by atoms with van der Waals surface area (Å²) in [6.45, 7) is 5.65. The average Bonchev–Trinajstić information content (AvgIpc) is 2.88. The predicted octanol–water partition coefficient (Wildman–Crippen LogP) is 4.41. The van der Waals surface area contributed by atoms with Gasteiger partial charge in [0.2, 0.25) is 0 Å². The van der Waals surface area contributed by atoms with Gasteiger partial charge in [-0.2, -0.15) is 0 Å². The first-order valence-electron chi connectivity index (χ1n) is 12.2. The first-order chi connectivity index (χ1) is 17.4. The molecule has 1 N–H and O–H groups in total. The molecule has 2 aromatic rings. The van der Waals surface area contributed by atoms with Crippen molar-refractivity contribution in [3.63, 3.8) is 0 Å². The molecule has 0 unspecified atom stereocenters.